The van der Waals surface area contributed by atoms with E-state index in [0.29, 0.717) is 12.1 Å². The van der Waals surface area contributed by atoms with Crippen LogP contribution in [0.2, 0.25) is 0 Å². The Morgan fingerprint density at radius 3 is 2.65 bits per heavy atom. The lowest BCUT2D eigenvalue weighted by Crippen LogP contribution is -2.48. The molecule has 1 saturated heterocycles. The molecule has 5 heteroatoms. The molecule has 1 aliphatic heterocycles. The fraction of sp³-hybridized carbons (Fsp3) is 0.467. The molecule has 0 spiro atoms. The molecule has 1 fully saturated rings. The van der Waals surface area contributed by atoms with E-state index < -0.39 is 0 Å². The van der Waals surface area contributed by atoms with Gasteiger partial charge in [-0.1, -0.05) is 15.9 Å². The molecule has 0 aromatic heterocycles. The molecule has 0 radical (unpaired) electrons. The lowest BCUT2D eigenvalue weighted by molar-refractivity contribution is -0.123. The standard InChI is InChI=1S/C15H19BrN2O2/c1-9-7-11(5-6-13(9)16)15(20)18-8-12(14(17)19)4-3-10(18)2/h5-7,10,12H,3-4,8H2,1-2H3,(H2,17,19). The number of primary amides is 1. The molecule has 2 rings (SSSR count). The monoisotopic (exact) mass is 338 g/mol. The van der Waals surface area contributed by atoms with Gasteiger partial charge in [-0.3, -0.25) is 9.59 Å². The van der Waals surface area contributed by atoms with Crippen LogP contribution in [0.4, 0.5) is 0 Å². The first-order valence-electron chi connectivity index (χ1n) is 6.76. The number of carbonyl (C=O) groups is 2. The Balaban J connectivity index is 2.21. The van der Waals surface area contributed by atoms with Crippen molar-refractivity contribution < 1.29 is 9.59 Å². The molecular formula is C15H19BrN2O2. The Bertz CT molecular complexity index is 545. The Hall–Kier alpha value is -1.36. The van der Waals surface area contributed by atoms with Crippen LogP contribution >= 0.6 is 15.9 Å². The van der Waals surface area contributed by atoms with Crippen LogP contribution in [0, 0.1) is 12.8 Å². The van der Waals surface area contributed by atoms with Crippen LogP contribution in [0.1, 0.15) is 35.7 Å². The third-order valence-electron chi connectivity index (χ3n) is 3.95. The van der Waals surface area contributed by atoms with Crippen molar-refractivity contribution in [2.24, 2.45) is 11.7 Å². The van der Waals surface area contributed by atoms with E-state index in [2.05, 4.69) is 15.9 Å². The van der Waals surface area contributed by atoms with E-state index in [4.69, 9.17) is 5.73 Å². The summed E-state index contributed by atoms with van der Waals surface area (Å²) in [5.41, 5.74) is 7.05. The number of rotatable bonds is 2. The summed E-state index contributed by atoms with van der Waals surface area (Å²) < 4.78 is 0.982. The summed E-state index contributed by atoms with van der Waals surface area (Å²) in [6.07, 6.45) is 1.58. The largest absolute Gasteiger partial charge is 0.369 e. The molecule has 108 valence electrons. The van der Waals surface area contributed by atoms with Crippen molar-refractivity contribution in [2.45, 2.75) is 32.7 Å². The number of aryl methyl sites for hydroxylation is 1. The number of benzene rings is 1. The van der Waals surface area contributed by atoms with E-state index in [-0.39, 0.29) is 23.8 Å². The predicted molar refractivity (Wildman–Crippen MR) is 81.3 cm³/mol. The van der Waals surface area contributed by atoms with Gasteiger partial charge < -0.3 is 10.6 Å². The molecule has 1 aromatic rings. The first kappa shape index (κ1) is 15.0. The minimum Gasteiger partial charge on any atom is -0.369 e. The van der Waals surface area contributed by atoms with E-state index in [1.54, 1.807) is 11.0 Å². The number of nitrogens with zero attached hydrogens (tertiary/aromatic N) is 1. The van der Waals surface area contributed by atoms with Crippen LogP contribution < -0.4 is 5.73 Å². The fourth-order valence-electron chi connectivity index (χ4n) is 2.57. The highest BCUT2D eigenvalue weighted by Gasteiger charge is 2.32. The second kappa shape index (κ2) is 5.95. The third-order valence-corrected chi connectivity index (χ3v) is 4.84. The highest BCUT2D eigenvalue weighted by atomic mass is 79.9. The van der Waals surface area contributed by atoms with Gasteiger partial charge >= 0.3 is 0 Å². The molecule has 2 unspecified atom stereocenters. The zero-order valence-corrected chi connectivity index (χ0v) is 13.3. The van der Waals surface area contributed by atoms with Crippen molar-refractivity contribution in [3.8, 4) is 0 Å². The number of hydrogen-bond acceptors (Lipinski definition) is 2. The van der Waals surface area contributed by atoms with Crippen molar-refractivity contribution in [2.75, 3.05) is 6.54 Å². The average Bonchev–Trinajstić information content (AvgIpc) is 2.41. The molecule has 2 atom stereocenters. The van der Waals surface area contributed by atoms with Crippen LogP contribution in [0.15, 0.2) is 22.7 Å². The molecule has 1 aromatic carbocycles. The van der Waals surface area contributed by atoms with Crippen molar-refractivity contribution in [1.82, 2.24) is 4.90 Å². The molecule has 1 aliphatic rings. The van der Waals surface area contributed by atoms with Gasteiger partial charge in [-0.15, -0.1) is 0 Å². The van der Waals surface area contributed by atoms with Crippen LogP contribution in [-0.4, -0.2) is 29.3 Å². The van der Waals surface area contributed by atoms with Crippen molar-refractivity contribution in [3.63, 3.8) is 0 Å². The number of piperidine rings is 1. The van der Waals surface area contributed by atoms with Gasteiger partial charge in [-0.25, -0.2) is 0 Å². The minimum absolute atomic E-state index is 0.0287. The molecule has 0 bridgehead atoms. The maximum absolute atomic E-state index is 12.6. The average molecular weight is 339 g/mol. The van der Waals surface area contributed by atoms with Gasteiger partial charge in [0.15, 0.2) is 0 Å². The number of halogens is 1. The topological polar surface area (TPSA) is 63.4 Å². The first-order valence-corrected chi connectivity index (χ1v) is 7.56. The maximum atomic E-state index is 12.6. The van der Waals surface area contributed by atoms with Gasteiger partial charge in [-0.05, 0) is 50.5 Å². The van der Waals surface area contributed by atoms with Gasteiger partial charge in [0, 0.05) is 22.6 Å². The number of carbonyl (C=O) groups excluding carboxylic acids is 2. The number of hydrogen-bond donors (Lipinski definition) is 1. The lowest BCUT2D eigenvalue weighted by Gasteiger charge is -2.37. The number of likely N-dealkylation sites (tertiary alicyclic amines) is 1. The Kier molecular flexibility index (Phi) is 4.48. The lowest BCUT2D eigenvalue weighted by atomic mass is 9.92. The van der Waals surface area contributed by atoms with Gasteiger partial charge in [0.25, 0.3) is 5.91 Å². The van der Waals surface area contributed by atoms with E-state index in [0.717, 1.165) is 22.9 Å². The molecule has 2 N–H and O–H groups in total. The Morgan fingerprint density at radius 1 is 1.35 bits per heavy atom. The second-order valence-electron chi connectivity index (χ2n) is 5.45. The van der Waals surface area contributed by atoms with Crippen molar-refractivity contribution in [3.05, 3.63) is 33.8 Å². The SMILES string of the molecule is Cc1cc(C(=O)N2CC(C(N)=O)CCC2C)ccc1Br. The zero-order valence-electron chi connectivity index (χ0n) is 11.7. The van der Waals surface area contributed by atoms with Gasteiger partial charge in [0.05, 0.1) is 5.92 Å². The molecular weight excluding hydrogens is 320 g/mol. The fourth-order valence-corrected chi connectivity index (χ4v) is 2.81. The third kappa shape index (κ3) is 3.03. The Morgan fingerprint density at radius 2 is 2.05 bits per heavy atom. The van der Waals surface area contributed by atoms with Gasteiger partial charge in [0.1, 0.15) is 0 Å². The Labute approximate surface area is 127 Å². The van der Waals surface area contributed by atoms with Gasteiger partial charge in [-0.2, -0.15) is 0 Å². The minimum atomic E-state index is -0.318. The number of nitrogens with two attached hydrogens (primary N) is 1. The van der Waals surface area contributed by atoms with Crippen molar-refractivity contribution in [1.29, 1.82) is 0 Å². The number of amides is 2. The first-order chi connectivity index (χ1) is 9.40. The molecule has 20 heavy (non-hydrogen) atoms. The summed E-state index contributed by atoms with van der Waals surface area (Å²) in [6.45, 7) is 4.39. The molecule has 1 heterocycles. The molecule has 0 saturated carbocycles. The maximum Gasteiger partial charge on any atom is 0.254 e. The second-order valence-corrected chi connectivity index (χ2v) is 6.30. The van der Waals surface area contributed by atoms with Crippen LogP contribution in [0.5, 0.6) is 0 Å². The summed E-state index contributed by atoms with van der Waals surface area (Å²) in [4.78, 5) is 25.7. The zero-order chi connectivity index (χ0) is 14.9. The van der Waals surface area contributed by atoms with E-state index in [1.165, 1.54) is 0 Å². The van der Waals surface area contributed by atoms with Crippen molar-refractivity contribution >= 4 is 27.7 Å². The molecule has 2 amide bonds. The summed E-state index contributed by atoms with van der Waals surface area (Å²) in [7, 11) is 0. The normalized spacial score (nSPS) is 22.6. The molecule has 4 nitrogen and oxygen atoms in total. The summed E-state index contributed by atoms with van der Waals surface area (Å²) in [6, 6.07) is 5.69. The smallest absolute Gasteiger partial charge is 0.254 e. The van der Waals surface area contributed by atoms with Gasteiger partial charge in [0.2, 0.25) is 5.91 Å². The van der Waals surface area contributed by atoms with E-state index >= 15 is 0 Å². The summed E-state index contributed by atoms with van der Waals surface area (Å²) in [5.74, 6) is -0.576. The summed E-state index contributed by atoms with van der Waals surface area (Å²) >= 11 is 3.43. The highest BCUT2D eigenvalue weighted by molar-refractivity contribution is 9.10. The van der Waals surface area contributed by atoms with E-state index in [9.17, 15) is 9.59 Å². The van der Waals surface area contributed by atoms with E-state index in [1.807, 2.05) is 26.0 Å². The quantitative estimate of drug-likeness (QED) is 0.900. The van der Waals surface area contributed by atoms with Crippen LogP contribution in [0.3, 0.4) is 0 Å². The molecule has 0 aliphatic carbocycles. The van der Waals surface area contributed by atoms with Crippen LogP contribution in [0.25, 0.3) is 0 Å². The van der Waals surface area contributed by atoms with Crippen LogP contribution in [-0.2, 0) is 4.79 Å². The summed E-state index contributed by atoms with van der Waals surface area (Å²) in [5, 5.41) is 0. The highest BCUT2D eigenvalue weighted by Crippen LogP contribution is 2.25. The predicted octanol–water partition coefficient (Wildman–Crippen LogP) is 2.48.